The molecule has 2 N–H and O–H groups in total. The van der Waals surface area contributed by atoms with E-state index < -0.39 is 22.5 Å². The molecule has 7 nitrogen and oxygen atoms in total. The number of rotatable bonds is 2. The summed E-state index contributed by atoms with van der Waals surface area (Å²) in [4.78, 5) is 26.8. The van der Waals surface area contributed by atoms with Gasteiger partial charge in [0.05, 0.1) is 16.8 Å². The van der Waals surface area contributed by atoms with Crippen molar-refractivity contribution >= 4 is 17.4 Å². The van der Waals surface area contributed by atoms with Gasteiger partial charge in [0.2, 0.25) is 0 Å². The van der Waals surface area contributed by atoms with E-state index in [-0.39, 0.29) is 17.3 Å². The number of nitrogens with zero attached hydrogens (tertiary/aromatic N) is 2. The lowest BCUT2D eigenvalue weighted by atomic mass is 9.73. The van der Waals surface area contributed by atoms with Crippen LogP contribution in [0.1, 0.15) is 33.8 Å². The zero-order valence-electron chi connectivity index (χ0n) is 15.3. The molecule has 2 aromatic carbocycles. The number of nitrogens with one attached hydrogen (secondary N) is 1. The van der Waals surface area contributed by atoms with Crippen molar-refractivity contribution < 1.29 is 14.8 Å². The Balaban J connectivity index is 1.82. The summed E-state index contributed by atoms with van der Waals surface area (Å²) in [5.74, 6) is -1.94. The van der Waals surface area contributed by atoms with Gasteiger partial charge < -0.3 is 15.3 Å². The number of fused-ring (bicyclic) bond motifs is 5. The first-order valence-electron chi connectivity index (χ1n) is 9.46. The lowest BCUT2D eigenvalue weighted by Gasteiger charge is -2.50. The third-order valence-electron chi connectivity index (χ3n) is 6.13. The van der Waals surface area contributed by atoms with Gasteiger partial charge in [0.1, 0.15) is 0 Å². The molecule has 1 fully saturated rings. The highest BCUT2D eigenvalue weighted by Crippen LogP contribution is 2.56. The van der Waals surface area contributed by atoms with Crippen LogP contribution in [0.2, 0.25) is 5.02 Å². The maximum atomic E-state index is 13.5. The third-order valence-corrected chi connectivity index (χ3v) is 6.39. The van der Waals surface area contributed by atoms with Gasteiger partial charge in [-0.05, 0) is 24.1 Å². The molecule has 0 bridgehead atoms. The number of hydrogen-bond acceptors (Lipinski definition) is 6. The van der Waals surface area contributed by atoms with Gasteiger partial charge in [-0.25, -0.2) is 0 Å². The molecule has 5 rings (SSSR count). The van der Waals surface area contributed by atoms with Crippen LogP contribution in [0.3, 0.4) is 0 Å². The lowest BCUT2D eigenvalue weighted by Crippen LogP contribution is -2.60. The van der Waals surface area contributed by atoms with E-state index in [0.717, 1.165) is 0 Å². The van der Waals surface area contributed by atoms with Gasteiger partial charge in [-0.1, -0.05) is 48.0 Å². The van der Waals surface area contributed by atoms with Crippen LogP contribution in [0.25, 0.3) is 0 Å². The molecule has 2 heterocycles. The lowest BCUT2D eigenvalue weighted by molar-refractivity contribution is -0.439. The smallest absolute Gasteiger partial charge is 0.294 e. The monoisotopic (exact) mass is 411 g/mol. The summed E-state index contributed by atoms with van der Waals surface area (Å²) in [6.45, 7) is 0.981. The highest BCUT2D eigenvalue weighted by Gasteiger charge is 2.65. The molecule has 148 valence electrons. The Kier molecular flexibility index (Phi) is 3.94. The first-order chi connectivity index (χ1) is 13.9. The van der Waals surface area contributed by atoms with Crippen molar-refractivity contribution in [1.82, 2.24) is 10.2 Å². The highest BCUT2D eigenvalue weighted by atomic mass is 35.5. The molecule has 3 aliphatic rings. The number of hydrogen-bond donors (Lipinski definition) is 2. The van der Waals surface area contributed by atoms with Crippen molar-refractivity contribution in [2.24, 2.45) is 5.92 Å². The summed E-state index contributed by atoms with van der Waals surface area (Å²) in [7, 11) is 0. The SMILES string of the molecule is O=C1c2ccccc2[C@]2(O)[C@H]1[C@@H](c1ccc(Cl)cc1)C([N+](=O)[O-])=C1NCCCN12. The van der Waals surface area contributed by atoms with Crippen LogP contribution in [-0.2, 0) is 5.72 Å². The van der Waals surface area contributed by atoms with Crippen LogP contribution in [0, 0.1) is 16.0 Å². The van der Waals surface area contributed by atoms with Crippen LogP contribution in [0.5, 0.6) is 0 Å². The van der Waals surface area contributed by atoms with Crippen LogP contribution < -0.4 is 5.32 Å². The second-order valence-electron chi connectivity index (χ2n) is 7.57. The third kappa shape index (κ3) is 2.37. The van der Waals surface area contributed by atoms with E-state index in [2.05, 4.69) is 5.32 Å². The van der Waals surface area contributed by atoms with Crippen LogP contribution in [0.4, 0.5) is 0 Å². The van der Waals surface area contributed by atoms with Gasteiger partial charge in [-0.15, -0.1) is 0 Å². The molecule has 0 aromatic heterocycles. The van der Waals surface area contributed by atoms with E-state index >= 15 is 0 Å². The first-order valence-corrected chi connectivity index (χ1v) is 9.84. The van der Waals surface area contributed by atoms with Gasteiger partial charge in [-0.2, -0.15) is 0 Å². The van der Waals surface area contributed by atoms with Gasteiger partial charge in [0, 0.05) is 29.2 Å². The van der Waals surface area contributed by atoms with Crippen molar-refractivity contribution in [3.05, 3.63) is 91.9 Å². The van der Waals surface area contributed by atoms with Crippen molar-refractivity contribution in [2.45, 2.75) is 18.1 Å². The number of benzene rings is 2. The Bertz CT molecular complexity index is 1070. The summed E-state index contributed by atoms with van der Waals surface area (Å²) < 4.78 is 0. The van der Waals surface area contributed by atoms with E-state index in [9.17, 15) is 20.0 Å². The molecule has 29 heavy (non-hydrogen) atoms. The second-order valence-corrected chi connectivity index (χ2v) is 8.00. The fourth-order valence-corrected chi connectivity index (χ4v) is 5.11. The molecule has 3 atom stereocenters. The first kappa shape index (κ1) is 18.1. The van der Waals surface area contributed by atoms with E-state index in [4.69, 9.17) is 11.6 Å². The van der Waals surface area contributed by atoms with Crippen LogP contribution >= 0.6 is 11.6 Å². The molecule has 0 amide bonds. The Morgan fingerprint density at radius 3 is 2.66 bits per heavy atom. The van der Waals surface area contributed by atoms with E-state index in [1.807, 2.05) is 0 Å². The summed E-state index contributed by atoms with van der Waals surface area (Å²) >= 11 is 6.02. The second kappa shape index (κ2) is 6.30. The fourth-order valence-electron chi connectivity index (χ4n) is 4.98. The van der Waals surface area contributed by atoms with Crippen LogP contribution in [0.15, 0.2) is 60.0 Å². The molecular weight excluding hydrogens is 394 g/mol. The molecular formula is C21H18ClN3O4. The molecule has 0 saturated carbocycles. The molecule has 0 spiro atoms. The molecule has 2 aliphatic heterocycles. The topological polar surface area (TPSA) is 95.7 Å². The molecule has 8 heteroatoms. The van der Waals surface area contributed by atoms with Crippen molar-refractivity contribution in [3.63, 3.8) is 0 Å². The number of Topliss-reactive ketones (excluding diaryl/α,β-unsaturated/α-hetero) is 1. The predicted octanol–water partition coefficient (Wildman–Crippen LogP) is 2.84. The van der Waals surface area contributed by atoms with E-state index in [1.54, 1.807) is 53.4 Å². The maximum absolute atomic E-state index is 13.5. The van der Waals surface area contributed by atoms with Crippen molar-refractivity contribution in [2.75, 3.05) is 13.1 Å². The number of ketones is 1. The van der Waals surface area contributed by atoms with Gasteiger partial charge in [-0.3, -0.25) is 14.9 Å². The zero-order chi connectivity index (χ0) is 20.3. The largest absolute Gasteiger partial charge is 0.366 e. The molecule has 2 aromatic rings. The molecule has 0 unspecified atom stereocenters. The van der Waals surface area contributed by atoms with Crippen molar-refractivity contribution in [3.8, 4) is 0 Å². The summed E-state index contributed by atoms with van der Waals surface area (Å²) in [6.07, 6.45) is 0.700. The minimum Gasteiger partial charge on any atom is -0.366 e. The quantitative estimate of drug-likeness (QED) is 0.582. The molecule has 0 radical (unpaired) electrons. The summed E-state index contributed by atoms with van der Waals surface area (Å²) in [5.41, 5.74) is -0.264. The molecule has 1 aliphatic carbocycles. The Morgan fingerprint density at radius 2 is 1.93 bits per heavy atom. The average molecular weight is 412 g/mol. The number of aliphatic hydroxyl groups is 1. The number of allylic oxidation sites excluding steroid dienone is 1. The van der Waals surface area contributed by atoms with Crippen LogP contribution in [-0.4, -0.2) is 33.8 Å². The number of halogens is 1. The Hall–Kier alpha value is -2.90. The highest BCUT2D eigenvalue weighted by molar-refractivity contribution is 6.30. The summed E-state index contributed by atoms with van der Waals surface area (Å²) in [5, 5.41) is 27.8. The number of carbonyl (C=O) groups excluding carboxylic acids is 1. The maximum Gasteiger partial charge on any atom is 0.294 e. The zero-order valence-corrected chi connectivity index (χ0v) is 16.1. The number of carbonyl (C=O) groups is 1. The normalized spacial score (nSPS) is 27.8. The average Bonchev–Trinajstić information content (AvgIpc) is 2.96. The minimum atomic E-state index is -1.65. The van der Waals surface area contributed by atoms with Gasteiger partial charge in [0.15, 0.2) is 17.3 Å². The van der Waals surface area contributed by atoms with Gasteiger partial charge in [0.25, 0.3) is 5.70 Å². The van der Waals surface area contributed by atoms with E-state index in [0.29, 0.717) is 41.2 Å². The minimum absolute atomic E-state index is 0.0946. The molecule has 1 saturated heterocycles. The van der Waals surface area contributed by atoms with Crippen molar-refractivity contribution in [1.29, 1.82) is 0 Å². The Morgan fingerprint density at radius 1 is 1.21 bits per heavy atom. The fraction of sp³-hybridized carbons (Fsp3) is 0.286. The predicted molar refractivity (Wildman–Crippen MR) is 106 cm³/mol. The Labute approximate surface area is 171 Å². The van der Waals surface area contributed by atoms with E-state index in [1.165, 1.54) is 0 Å². The summed E-state index contributed by atoms with van der Waals surface area (Å²) in [6, 6.07) is 13.6. The standard InChI is InChI=1S/C21H18ClN3O4/c22-13-8-6-12(7-9-13)16-17-19(26)14-4-1-2-5-15(14)21(17,27)24-11-3-10-23-20(24)18(16)25(28)29/h1-2,4-9,16-17,23,27H,3,10-11H2/t16-,17+,21+/m1/s1. The number of nitro groups is 1. The van der Waals surface area contributed by atoms with Gasteiger partial charge >= 0.3 is 0 Å².